The summed E-state index contributed by atoms with van der Waals surface area (Å²) in [4.78, 5) is 15.5. The largest absolute Gasteiger partial charge is 0.455 e. The highest BCUT2D eigenvalue weighted by Crippen LogP contribution is 2.42. The minimum Gasteiger partial charge on any atom is -0.455 e. The number of furan rings is 1. The first-order valence-corrected chi connectivity index (χ1v) is 18.5. The fourth-order valence-electron chi connectivity index (χ4n) is 7.86. The molecule has 11 rings (SSSR count). The molecule has 0 spiro atoms. The Morgan fingerprint density at radius 1 is 0.309 bits per heavy atom. The van der Waals surface area contributed by atoms with Crippen molar-refractivity contribution in [3.05, 3.63) is 188 Å². The van der Waals surface area contributed by atoms with Gasteiger partial charge in [0.15, 0.2) is 17.5 Å². The number of nitrogens with zero attached hydrogens (tertiary/aromatic N) is 3. The van der Waals surface area contributed by atoms with Gasteiger partial charge < -0.3 is 4.42 Å². The minimum absolute atomic E-state index is 0.594. The summed E-state index contributed by atoms with van der Waals surface area (Å²) >= 11 is 0. The zero-order valence-corrected chi connectivity index (χ0v) is 29.6. The third-order valence-electron chi connectivity index (χ3n) is 10.7. The van der Waals surface area contributed by atoms with Crippen molar-refractivity contribution in [2.24, 2.45) is 0 Å². The number of benzene rings is 9. The molecule has 0 atom stereocenters. The minimum atomic E-state index is 0.594. The van der Waals surface area contributed by atoms with Crippen LogP contribution in [0.15, 0.2) is 192 Å². The van der Waals surface area contributed by atoms with E-state index in [1.165, 1.54) is 32.7 Å². The Kier molecular flexibility index (Phi) is 7.14. The molecule has 0 aliphatic heterocycles. The number of rotatable bonds is 5. The average Bonchev–Trinajstić information content (AvgIpc) is 3.65. The number of para-hydroxylation sites is 1. The van der Waals surface area contributed by atoms with E-state index in [2.05, 4.69) is 176 Å². The molecule has 0 amide bonds. The molecular weight excluding hydrogens is 671 g/mol. The summed E-state index contributed by atoms with van der Waals surface area (Å²) in [5, 5.41) is 9.07. The van der Waals surface area contributed by atoms with Crippen LogP contribution in [0.2, 0.25) is 0 Å². The highest BCUT2D eigenvalue weighted by Gasteiger charge is 2.21. The molecule has 4 heteroatoms. The monoisotopic (exact) mass is 701 g/mol. The molecule has 0 aliphatic carbocycles. The fourth-order valence-corrected chi connectivity index (χ4v) is 7.86. The van der Waals surface area contributed by atoms with Crippen LogP contribution in [0.4, 0.5) is 0 Å². The molecule has 0 fully saturated rings. The van der Waals surface area contributed by atoms with Crippen LogP contribution in [0.25, 0.3) is 111 Å². The number of hydrogen-bond acceptors (Lipinski definition) is 4. The number of aromatic nitrogens is 3. The first-order valence-electron chi connectivity index (χ1n) is 18.5. The van der Waals surface area contributed by atoms with E-state index in [-0.39, 0.29) is 0 Å². The first-order chi connectivity index (χ1) is 27.2. The zero-order chi connectivity index (χ0) is 36.3. The van der Waals surface area contributed by atoms with Gasteiger partial charge in [-0.15, -0.1) is 0 Å². The molecular formula is C51H31N3O. The maximum atomic E-state index is 6.72. The van der Waals surface area contributed by atoms with E-state index < -0.39 is 0 Å². The predicted molar refractivity (Wildman–Crippen MR) is 227 cm³/mol. The van der Waals surface area contributed by atoms with Gasteiger partial charge in [-0.05, 0) is 85.4 Å². The lowest BCUT2D eigenvalue weighted by Gasteiger charge is -2.12. The van der Waals surface area contributed by atoms with Crippen LogP contribution in [0.3, 0.4) is 0 Å². The highest BCUT2D eigenvalue weighted by atomic mass is 16.3. The lowest BCUT2D eigenvalue weighted by Crippen LogP contribution is -2.00. The molecule has 55 heavy (non-hydrogen) atoms. The molecule has 2 aromatic heterocycles. The van der Waals surface area contributed by atoms with Gasteiger partial charge in [0.25, 0.3) is 0 Å². The van der Waals surface area contributed by atoms with E-state index >= 15 is 0 Å². The Labute approximate surface area is 317 Å². The SMILES string of the molecule is c1ccc2cc(-c3ccc(-c4ccc(-c5nc(-c6ccc7ccccc7c6)nc(-c6ccc7ccccc7c6)n5)c5c4oc4ccccc45)cc3)ccc2c1. The Bertz CT molecular complexity index is 3170. The molecule has 0 saturated heterocycles. The van der Waals surface area contributed by atoms with Gasteiger partial charge in [-0.1, -0.05) is 152 Å². The lowest BCUT2D eigenvalue weighted by atomic mass is 9.95. The Hall–Kier alpha value is -7.43. The van der Waals surface area contributed by atoms with Crippen LogP contribution in [0.1, 0.15) is 0 Å². The maximum Gasteiger partial charge on any atom is 0.164 e. The molecule has 9 aromatic carbocycles. The van der Waals surface area contributed by atoms with E-state index in [0.29, 0.717) is 17.5 Å². The summed E-state index contributed by atoms with van der Waals surface area (Å²) in [5.41, 5.74) is 8.82. The summed E-state index contributed by atoms with van der Waals surface area (Å²) in [7, 11) is 0. The van der Waals surface area contributed by atoms with Crippen molar-refractivity contribution in [2.75, 3.05) is 0 Å². The predicted octanol–water partition coefficient (Wildman–Crippen LogP) is 13.6. The smallest absolute Gasteiger partial charge is 0.164 e. The molecule has 0 bridgehead atoms. The third kappa shape index (κ3) is 5.43. The van der Waals surface area contributed by atoms with E-state index in [1.54, 1.807) is 0 Å². The van der Waals surface area contributed by atoms with Gasteiger partial charge in [-0.2, -0.15) is 0 Å². The summed E-state index contributed by atoms with van der Waals surface area (Å²) in [6.45, 7) is 0. The van der Waals surface area contributed by atoms with Gasteiger partial charge in [-0.25, -0.2) is 15.0 Å². The third-order valence-corrected chi connectivity index (χ3v) is 10.7. The van der Waals surface area contributed by atoms with Crippen LogP contribution in [-0.2, 0) is 0 Å². The quantitative estimate of drug-likeness (QED) is 0.179. The van der Waals surface area contributed by atoms with E-state index in [4.69, 9.17) is 19.4 Å². The normalized spacial score (nSPS) is 11.6. The molecule has 0 N–H and O–H groups in total. The van der Waals surface area contributed by atoms with Gasteiger partial charge in [0.05, 0.1) is 0 Å². The molecule has 0 aliphatic rings. The fraction of sp³-hybridized carbons (Fsp3) is 0. The average molecular weight is 702 g/mol. The standard InChI is InChI=1S/C51H31N3O/c1-4-12-37-29-40(24-19-32(37)9-1)35-17-22-36(23-18-35)43-27-28-45(47-44-15-7-8-16-46(44)55-48(43)47)51-53-49(41-25-20-33-10-2-5-13-38(33)30-41)52-50(54-51)42-26-21-34-11-3-6-14-39(34)31-42/h1-31H. The molecule has 11 aromatic rings. The van der Waals surface area contributed by atoms with Crippen molar-refractivity contribution >= 4 is 54.3 Å². The summed E-state index contributed by atoms with van der Waals surface area (Å²) in [5.74, 6) is 1.83. The van der Waals surface area contributed by atoms with Crippen LogP contribution in [-0.4, -0.2) is 15.0 Å². The van der Waals surface area contributed by atoms with E-state index in [1.807, 2.05) is 12.1 Å². The summed E-state index contributed by atoms with van der Waals surface area (Å²) in [6.07, 6.45) is 0. The Balaban J connectivity index is 1.09. The molecule has 0 saturated carbocycles. The van der Waals surface area contributed by atoms with Crippen LogP contribution in [0.5, 0.6) is 0 Å². The molecule has 2 heterocycles. The second-order valence-electron chi connectivity index (χ2n) is 14.0. The molecule has 256 valence electrons. The zero-order valence-electron chi connectivity index (χ0n) is 29.6. The maximum absolute atomic E-state index is 6.72. The van der Waals surface area contributed by atoms with Crippen molar-refractivity contribution < 1.29 is 4.42 Å². The van der Waals surface area contributed by atoms with Crippen molar-refractivity contribution in [1.29, 1.82) is 0 Å². The van der Waals surface area contributed by atoms with Gasteiger partial charge in [0.2, 0.25) is 0 Å². The summed E-state index contributed by atoms with van der Waals surface area (Å²) in [6, 6.07) is 65.9. The number of hydrogen-bond donors (Lipinski definition) is 0. The van der Waals surface area contributed by atoms with Crippen LogP contribution < -0.4 is 0 Å². The van der Waals surface area contributed by atoms with Crippen molar-refractivity contribution in [3.63, 3.8) is 0 Å². The molecule has 0 radical (unpaired) electrons. The van der Waals surface area contributed by atoms with Gasteiger partial charge in [0.1, 0.15) is 11.2 Å². The highest BCUT2D eigenvalue weighted by molar-refractivity contribution is 6.15. The Morgan fingerprint density at radius 2 is 0.745 bits per heavy atom. The summed E-state index contributed by atoms with van der Waals surface area (Å²) < 4.78 is 6.72. The molecule has 4 nitrogen and oxygen atoms in total. The topological polar surface area (TPSA) is 51.8 Å². The van der Waals surface area contributed by atoms with Crippen molar-refractivity contribution in [2.45, 2.75) is 0 Å². The van der Waals surface area contributed by atoms with Crippen molar-refractivity contribution in [3.8, 4) is 56.4 Å². The Morgan fingerprint density at radius 3 is 1.35 bits per heavy atom. The molecule has 0 unspecified atom stereocenters. The lowest BCUT2D eigenvalue weighted by molar-refractivity contribution is 0.670. The number of fused-ring (bicyclic) bond motifs is 6. The second kappa shape index (κ2) is 12.6. The second-order valence-corrected chi connectivity index (χ2v) is 14.0. The van der Waals surface area contributed by atoms with E-state index in [9.17, 15) is 0 Å². The van der Waals surface area contributed by atoms with Gasteiger partial charge >= 0.3 is 0 Å². The van der Waals surface area contributed by atoms with Crippen molar-refractivity contribution in [1.82, 2.24) is 15.0 Å². The van der Waals surface area contributed by atoms with Gasteiger partial charge in [0, 0.05) is 33.0 Å². The first kappa shape index (κ1) is 31.1. The van der Waals surface area contributed by atoms with Crippen LogP contribution >= 0.6 is 0 Å². The van der Waals surface area contributed by atoms with Crippen LogP contribution in [0, 0.1) is 0 Å². The van der Waals surface area contributed by atoms with E-state index in [0.717, 1.165) is 60.5 Å². The van der Waals surface area contributed by atoms with Gasteiger partial charge in [-0.3, -0.25) is 0 Å².